The number of unbranched alkanes of at least 4 members (excludes halogenated alkanes) is 1. The van der Waals surface area contributed by atoms with Crippen molar-refractivity contribution in [1.29, 1.82) is 0 Å². The van der Waals surface area contributed by atoms with E-state index in [0.29, 0.717) is 6.54 Å². The van der Waals surface area contributed by atoms with E-state index in [0.717, 1.165) is 24.6 Å². The summed E-state index contributed by atoms with van der Waals surface area (Å²) in [4.78, 5) is 0. The zero-order valence-corrected chi connectivity index (χ0v) is 10.3. The van der Waals surface area contributed by atoms with E-state index >= 15 is 0 Å². The Bertz CT molecular complexity index is 300. The van der Waals surface area contributed by atoms with Gasteiger partial charge in [0.15, 0.2) is 0 Å². The molecule has 2 N–H and O–H groups in total. The van der Waals surface area contributed by atoms with Gasteiger partial charge in [-0.3, -0.25) is 0 Å². The lowest BCUT2D eigenvalue weighted by Gasteiger charge is -2.05. The maximum atomic E-state index is 12.9. The first-order valence-corrected chi connectivity index (χ1v) is 6.80. The molecule has 0 amide bonds. The molecule has 0 aromatic heterocycles. The van der Waals surface area contributed by atoms with Gasteiger partial charge in [0, 0.05) is 12.6 Å². The Balaban J connectivity index is 2.21. The molecule has 1 aromatic rings. The summed E-state index contributed by atoms with van der Waals surface area (Å²) in [6.07, 6.45) is 4.42. The highest BCUT2D eigenvalue weighted by atomic mass is 32.2. The Morgan fingerprint density at radius 2 is 2.12 bits per heavy atom. The zero-order chi connectivity index (χ0) is 11.8. The number of thioether (sulfide) groups is 1. The summed E-state index contributed by atoms with van der Waals surface area (Å²) in [5.41, 5.74) is 0.780. The van der Waals surface area contributed by atoms with E-state index in [4.69, 9.17) is 0 Å². The van der Waals surface area contributed by atoms with Gasteiger partial charge in [0.2, 0.25) is 0 Å². The van der Waals surface area contributed by atoms with Crippen LogP contribution in [0.2, 0.25) is 0 Å². The van der Waals surface area contributed by atoms with Gasteiger partial charge in [-0.25, -0.2) is 4.39 Å². The van der Waals surface area contributed by atoms with Gasteiger partial charge in [0.1, 0.15) is 11.6 Å². The third-order valence-electron chi connectivity index (χ3n) is 2.22. The molecule has 1 aromatic carbocycles. The van der Waals surface area contributed by atoms with Crippen molar-refractivity contribution in [2.24, 2.45) is 0 Å². The largest absolute Gasteiger partial charge is 0.508 e. The maximum absolute atomic E-state index is 12.9. The van der Waals surface area contributed by atoms with Gasteiger partial charge in [-0.1, -0.05) is 0 Å². The van der Waals surface area contributed by atoms with E-state index in [1.165, 1.54) is 18.2 Å². The molecule has 4 heteroatoms. The summed E-state index contributed by atoms with van der Waals surface area (Å²) in [5.74, 6) is 0.779. The Morgan fingerprint density at radius 3 is 2.81 bits per heavy atom. The highest BCUT2D eigenvalue weighted by molar-refractivity contribution is 7.98. The summed E-state index contributed by atoms with van der Waals surface area (Å²) >= 11 is 1.85. The molecule has 0 aliphatic carbocycles. The van der Waals surface area contributed by atoms with Crippen molar-refractivity contribution in [1.82, 2.24) is 5.32 Å². The van der Waals surface area contributed by atoms with E-state index in [2.05, 4.69) is 11.6 Å². The van der Waals surface area contributed by atoms with Crippen LogP contribution < -0.4 is 5.32 Å². The molecule has 0 saturated carbocycles. The molecule has 0 fully saturated rings. The molecule has 0 saturated heterocycles. The lowest BCUT2D eigenvalue weighted by atomic mass is 10.2. The minimum atomic E-state index is -0.390. The van der Waals surface area contributed by atoms with Crippen LogP contribution in [0.25, 0.3) is 0 Å². The van der Waals surface area contributed by atoms with Gasteiger partial charge in [-0.05, 0) is 49.1 Å². The number of phenolic OH excluding ortho intramolecular Hbond substituents is 1. The molecule has 0 aliphatic rings. The molecule has 0 aliphatic heterocycles. The summed E-state index contributed by atoms with van der Waals surface area (Å²) in [6.45, 7) is 1.53. The van der Waals surface area contributed by atoms with Crippen molar-refractivity contribution >= 4 is 11.8 Å². The molecular formula is C12H18FNOS. The minimum absolute atomic E-state index is 0.0146. The minimum Gasteiger partial charge on any atom is -0.508 e. The van der Waals surface area contributed by atoms with Crippen molar-refractivity contribution < 1.29 is 9.50 Å². The summed E-state index contributed by atoms with van der Waals surface area (Å²) in [7, 11) is 0. The second-order valence-electron chi connectivity index (χ2n) is 3.69. The molecule has 2 nitrogen and oxygen atoms in total. The van der Waals surface area contributed by atoms with Crippen LogP contribution in [-0.2, 0) is 6.54 Å². The molecule has 0 atom stereocenters. The molecule has 16 heavy (non-hydrogen) atoms. The van der Waals surface area contributed by atoms with Crippen LogP contribution in [0, 0.1) is 5.82 Å². The van der Waals surface area contributed by atoms with Crippen LogP contribution >= 0.6 is 11.8 Å². The number of hydrogen-bond acceptors (Lipinski definition) is 3. The summed E-state index contributed by atoms with van der Waals surface area (Å²) in [6, 6.07) is 4.13. The fourth-order valence-corrected chi connectivity index (χ4v) is 1.96. The van der Waals surface area contributed by atoms with Crippen molar-refractivity contribution in [3.63, 3.8) is 0 Å². The number of rotatable bonds is 7. The Hall–Kier alpha value is -0.740. The van der Waals surface area contributed by atoms with Crippen molar-refractivity contribution in [2.75, 3.05) is 18.6 Å². The van der Waals surface area contributed by atoms with Crippen LogP contribution in [0.1, 0.15) is 18.4 Å². The first kappa shape index (κ1) is 13.3. The molecular weight excluding hydrogens is 225 g/mol. The van der Waals surface area contributed by atoms with Gasteiger partial charge in [-0.15, -0.1) is 0 Å². The first-order chi connectivity index (χ1) is 7.72. The van der Waals surface area contributed by atoms with Crippen LogP contribution in [0.15, 0.2) is 18.2 Å². The average Bonchev–Trinajstić information content (AvgIpc) is 2.22. The van der Waals surface area contributed by atoms with E-state index in [9.17, 15) is 9.50 Å². The van der Waals surface area contributed by atoms with Gasteiger partial charge >= 0.3 is 0 Å². The van der Waals surface area contributed by atoms with E-state index in [1.54, 1.807) is 6.07 Å². The fourth-order valence-electron chi connectivity index (χ4n) is 1.46. The number of nitrogens with one attached hydrogen (secondary N) is 1. The smallest absolute Gasteiger partial charge is 0.127 e. The summed E-state index contributed by atoms with van der Waals surface area (Å²) < 4.78 is 12.9. The van der Waals surface area contributed by atoms with Crippen LogP contribution in [-0.4, -0.2) is 23.7 Å². The number of aromatic hydroxyl groups is 1. The second-order valence-corrected chi connectivity index (χ2v) is 4.68. The number of phenols is 1. The van der Waals surface area contributed by atoms with E-state index < -0.39 is 0 Å². The molecule has 0 unspecified atom stereocenters. The highest BCUT2D eigenvalue weighted by Crippen LogP contribution is 2.14. The molecule has 1 rings (SSSR count). The normalized spacial score (nSPS) is 10.6. The molecule has 0 bridgehead atoms. The average molecular weight is 243 g/mol. The number of hydrogen-bond donors (Lipinski definition) is 2. The van der Waals surface area contributed by atoms with Crippen LogP contribution in [0.4, 0.5) is 4.39 Å². The standard InChI is InChI=1S/C12H18FNOS/c1-16-5-3-2-4-14-9-10-6-11(13)8-12(15)7-10/h6-8,14-15H,2-5,9H2,1H3. The molecule has 90 valence electrons. The predicted molar refractivity (Wildman–Crippen MR) is 67.4 cm³/mol. The van der Waals surface area contributed by atoms with Gasteiger partial charge in [0.05, 0.1) is 0 Å². The predicted octanol–water partition coefficient (Wildman–Crippen LogP) is 2.76. The van der Waals surface area contributed by atoms with Crippen LogP contribution in [0.5, 0.6) is 5.75 Å². The zero-order valence-electron chi connectivity index (χ0n) is 9.50. The summed E-state index contributed by atoms with van der Waals surface area (Å²) in [5, 5.41) is 12.4. The van der Waals surface area contributed by atoms with Crippen molar-refractivity contribution in [3.8, 4) is 5.75 Å². The molecule has 0 heterocycles. The Morgan fingerprint density at radius 1 is 1.31 bits per heavy atom. The van der Waals surface area contributed by atoms with E-state index in [-0.39, 0.29) is 11.6 Å². The molecule has 0 radical (unpaired) electrons. The van der Waals surface area contributed by atoms with Crippen molar-refractivity contribution in [3.05, 3.63) is 29.6 Å². The third kappa shape index (κ3) is 5.37. The maximum Gasteiger partial charge on any atom is 0.127 e. The van der Waals surface area contributed by atoms with Gasteiger partial charge < -0.3 is 10.4 Å². The number of halogens is 1. The van der Waals surface area contributed by atoms with Crippen LogP contribution in [0.3, 0.4) is 0 Å². The lowest BCUT2D eigenvalue weighted by Crippen LogP contribution is -2.14. The van der Waals surface area contributed by atoms with Gasteiger partial charge in [-0.2, -0.15) is 11.8 Å². The fraction of sp³-hybridized carbons (Fsp3) is 0.500. The second kappa shape index (κ2) is 7.52. The van der Waals surface area contributed by atoms with E-state index in [1.807, 2.05) is 11.8 Å². The number of benzene rings is 1. The topological polar surface area (TPSA) is 32.3 Å². The highest BCUT2D eigenvalue weighted by Gasteiger charge is 1.99. The Labute approximate surface area is 100 Å². The van der Waals surface area contributed by atoms with Crippen molar-refractivity contribution in [2.45, 2.75) is 19.4 Å². The first-order valence-electron chi connectivity index (χ1n) is 5.40. The monoisotopic (exact) mass is 243 g/mol. The Kier molecular flexibility index (Phi) is 6.26. The lowest BCUT2D eigenvalue weighted by molar-refractivity contribution is 0.467. The molecule has 0 spiro atoms. The quantitative estimate of drug-likeness (QED) is 0.722. The SMILES string of the molecule is CSCCCCNCc1cc(O)cc(F)c1. The van der Waals surface area contributed by atoms with Gasteiger partial charge in [0.25, 0.3) is 0 Å². The third-order valence-corrected chi connectivity index (χ3v) is 2.92.